The molecule has 1 aliphatic heterocycles. The van der Waals surface area contributed by atoms with Crippen LogP contribution in [-0.4, -0.2) is 48.6 Å². The number of ether oxygens (including phenoxy) is 1. The molecule has 2 aromatic rings. The lowest BCUT2D eigenvalue weighted by Gasteiger charge is -2.20. The molecule has 1 aromatic heterocycles. The minimum atomic E-state index is -0.275. The first kappa shape index (κ1) is 17.2. The molecule has 7 nitrogen and oxygen atoms in total. The molecule has 3 rings (SSSR count). The smallest absolute Gasteiger partial charge is 0.289 e. The molecule has 1 saturated heterocycles. The Morgan fingerprint density at radius 1 is 1.32 bits per heavy atom. The maximum absolute atomic E-state index is 12.2. The van der Waals surface area contributed by atoms with Gasteiger partial charge in [-0.25, -0.2) is 5.43 Å². The number of carbonyl (C=O) groups is 1. The molecule has 0 spiro atoms. The number of aromatic amines is 1. The Morgan fingerprint density at radius 3 is 2.72 bits per heavy atom. The Bertz CT molecular complexity index is 741. The van der Waals surface area contributed by atoms with Crippen LogP contribution in [0.25, 0.3) is 11.3 Å². The van der Waals surface area contributed by atoms with Crippen LogP contribution >= 0.6 is 0 Å². The van der Waals surface area contributed by atoms with Gasteiger partial charge in [-0.3, -0.25) is 9.89 Å². The predicted octanol–water partition coefficient (Wildman–Crippen LogP) is 0.870. The van der Waals surface area contributed by atoms with Gasteiger partial charge in [-0.05, 0) is 37.3 Å². The first-order valence-corrected chi connectivity index (χ1v) is 8.61. The van der Waals surface area contributed by atoms with Crippen LogP contribution in [0.4, 0.5) is 0 Å². The maximum atomic E-state index is 12.2. The minimum absolute atomic E-state index is 0.275. The minimum Gasteiger partial charge on any atom is -0.494 e. The van der Waals surface area contributed by atoms with E-state index in [2.05, 4.69) is 27.8 Å². The summed E-state index contributed by atoms with van der Waals surface area (Å²) in [5.74, 6) is 0.541. The molecule has 0 bridgehead atoms. The summed E-state index contributed by atoms with van der Waals surface area (Å²) in [6, 6.07) is 9.35. The van der Waals surface area contributed by atoms with Gasteiger partial charge in [-0.2, -0.15) is 10.2 Å². The summed E-state index contributed by atoms with van der Waals surface area (Å²) in [6.07, 6.45) is 1.85. The third-order valence-electron chi connectivity index (χ3n) is 4.28. The highest BCUT2D eigenvalue weighted by atomic mass is 16.5. The second kappa shape index (κ2) is 7.94. The van der Waals surface area contributed by atoms with Crippen molar-refractivity contribution < 1.29 is 14.4 Å². The van der Waals surface area contributed by atoms with Crippen LogP contribution in [-0.2, 0) is 0 Å². The monoisotopic (exact) mass is 342 g/mol. The van der Waals surface area contributed by atoms with Crippen molar-refractivity contribution in [3.8, 4) is 17.0 Å². The number of rotatable bonds is 5. The Kier molecular flexibility index (Phi) is 5.45. The van der Waals surface area contributed by atoms with E-state index < -0.39 is 0 Å². The Balaban J connectivity index is 1.62. The van der Waals surface area contributed by atoms with Gasteiger partial charge in [0.25, 0.3) is 5.91 Å². The highest BCUT2D eigenvalue weighted by Crippen LogP contribution is 2.21. The van der Waals surface area contributed by atoms with Crippen LogP contribution in [0.3, 0.4) is 0 Å². The van der Waals surface area contributed by atoms with Gasteiger partial charge in [0.15, 0.2) is 0 Å². The summed E-state index contributed by atoms with van der Waals surface area (Å²) >= 11 is 0. The highest BCUT2D eigenvalue weighted by molar-refractivity contribution is 5.94. The lowest BCUT2D eigenvalue weighted by molar-refractivity contribution is -0.880. The van der Waals surface area contributed by atoms with Gasteiger partial charge in [0.05, 0.1) is 32.4 Å². The summed E-state index contributed by atoms with van der Waals surface area (Å²) in [5, 5.41) is 11.2. The number of nitrogens with one attached hydrogen (secondary N) is 3. The quantitative estimate of drug-likeness (QED) is 0.705. The number of benzene rings is 1. The summed E-state index contributed by atoms with van der Waals surface area (Å²) in [6.45, 7) is 4.69. The van der Waals surface area contributed by atoms with E-state index in [9.17, 15) is 4.79 Å². The molecule has 0 atom stereocenters. The molecule has 132 valence electrons. The number of amides is 1. The molecule has 0 unspecified atom stereocenters. The molecule has 0 aliphatic carbocycles. The van der Waals surface area contributed by atoms with Crippen LogP contribution in [0.2, 0.25) is 0 Å². The number of hydrogen-bond acceptors (Lipinski definition) is 4. The van der Waals surface area contributed by atoms with Crippen LogP contribution < -0.4 is 15.1 Å². The summed E-state index contributed by atoms with van der Waals surface area (Å²) < 4.78 is 5.43. The Labute approximate surface area is 147 Å². The molecule has 2 heterocycles. The molecule has 0 radical (unpaired) electrons. The fourth-order valence-corrected chi connectivity index (χ4v) is 2.74. The van der Waals surface area contributed by atoms with Gasteiger partial charge in [0.1, 0.15) is 11.4 Å². The summed E-state index contributed by atoms with van der Waals surface area (Å²) in [4.78, 5) is 13.7. The Hall–Kier alpha value is -2.67. The lowest BCUT2D eigenvalue weighted by Crippen LogP contribution is -3.10. The van der Waals surface area contributed by atoms with E-state index in [4.69, 9.17) is 4.74 Å². The topological polar surface area (TPSA) is 83.8 Å². The SMILES string of the molecule is CCOc1ccc(-c2cc(C(=O)NN=C3CC[NH+](C)CC3)[nH]n2)cc1. The number of piperidine rings is 1. The number of quaternary nitrogens is 1. The molecule has 0 saturated carbocycles. The van der Waals surface area contributed by atoms with E-state index in [0.717, 1.165) is 43.0 Å². The summed E-state index contributed by atoms with van der Waals surface area (Å²) in [7, 11) is 2.17. The van der Waals surface area contributed by atoms with Crippen molar-refractivity contribution in [1.29, 1.82) is 0 Å². The van der Waals surface area contributed by atoms with Crippen LogP contribution in [0.5, 0.6) is 5.75 Å². The molecule has 7 heteroatoms. The number of H-pyrrole nitrogens is 1. The standard InChI is InChI=1S/C18H23N5O2/c1-3-25-15-6-4-13(5-7-15)16-12-17(21-20-16)18(24)22-19-14-8-10-23(2)11-9-14/h4-7,12H,3,8-11H2,1-2H3,(H,20,21)(H,22,24)/p+1. The van der Waals surface area contributed by atoms with Crippen molar-refractivity contribution in [2.24, 2.45) is 5.10 Å². The maximum Gasteiger partial charge on any atom is 0.289 e. The molecule has 25 heavy (non-hydrogen) atoms. The van der Waals surface area contributed by atoms with Gasteiger partial charge >= 0.3 is 0 Å². The van der Waals surface area contributed by atoms with Crippen molar-refractivity contribution in [2.75, 3.05) is 26.7 Å². The van der Waals surface area contributed by atoms with Crippen LogP contribution in [0.15, 0.2) is 35.4 Å². The van der Waals surface area contributed by atoms with E-state index in [1.54, 1.807) is 6.07 Å². The van der Waals surface area contributed by atoms with Gasteiger partial charge in [-0.15, -0.1) is 0 Å². The molecule has 3 N–H and O–H groups in total. The van der Waals surface area contributed by atoms with Gasteiger partial charge in [0, 0.05) is 24.1 Å². The Morgan fingerprint density at radius 2 is 2.04 bits per heavy atom. The number of hydrazone groups is 1. The molecule has 1 amide bonds. The van der Waals surface area contributed by atoms with E-state index in [1.165, 1.54) is 4.90 Å². The molecular formula is C18H24N5O2+. The van der Waals surface area contributed by atoms with E-state index in [1.807, 2.05) is 31.2 Å². The fourth-order valence-electron chi connectivity index (χ4n) is 2.74. The molecule has 1 fully saturated rings. The zero-order valence-electron chi connectivity index (χ0n) is 14.6. The molecule has 1 aromatic carbocycles. The second-order valence-corrected chi connectivity index (χ2v) is 6.20. The normalized spacial score (nSPS) is 17.2. The fraction of sp³-hybridized carbons (Fsp3) is 0.389. The lowest BCUT2D eigenvalue weighted by atomic mass is 10.1. The van der Waals surface area contributed by atoms with Crippen molar-refractivity contribution in [1.82, 2.24) is 15.6 Å². The average Bonchev–Trinajstić information content (AvgIpc) is 3.12. The zero-order valence-corrected chi connectivity index (χ0v) is 14.6. The zero-order chi connectivity index (χ0) is 17.6. The van der Waals surface area contributed by atoms with Crippen LogP contribution in [0, 0.1) is 0 Å². The van der Waals surface area contributed by atoms with Crippen molar-refractivity contribution in [3.05, 3.63) is 36.0 Å². The number of likely N-dealkylation sites (tertiary alicyclic amines) is 1. The summed E-state index contributed by atoms with van der Waals surface area (Å²) in [5.41, 5.74) is 5.70. The first-order valence-electron chi connectivity index (χ1n) is 8.61. The van der Waals surface area contributed by atoms with E-state index >= 15 is 0 Å². The number of nitrogens with zero attached hydrogens (tertiary/aromatic N) is 2. The van der Waals surface area contributed by atoms with Crippen molar-refractivity contribution in [3.63, 3.8) is 0 Å². The van der Waals surface area contributed by atoms with E-state index in [0.29, 0.717) is 18.0 Å². The number of hydrogen-bond donors (Lipinski definition) is 3. The molecule has 1 aliphatic rings. The third-order valence-corrected chi connectivity index (χ3v) is 4.28. The average molecular weight is 342 g/mol. The largest absolute Gasteiger partial charge is 0.494 e. The van der Waals surface area contributed by atoms with Crippen molar-refractivity contribution in [2.45, 2.75) is 19.8 Å². The van der Waals surface area contributed by atoms with E-state index in [-0.39, 0.29) is 5.91 Å². The third kappa shape index (κ3) is 4.45. The van der Waals surface area contributed by atoms with Gasteiger partial charge < -0.3 is 9.64 Å². The van der Waals surface area contributed by atoms with Crippen molar-refractivity contribution >= 4 is 11.6 Å². The van der Waals surface area contributed by atoms with Gasteiger partial charge in [0.2, 0.25) is 0 Å². The highest BCUT2D eigenvalue weighted by Gasteiger charge is 2.15. The van der Waals surface area contributed by atoms with Gasteiger partial charge in [-0.1, -0.05) is 0 Å². The second-order valence-electron chi connectivity index (χ2n) is 6.20. The number of carbonyl (C=O) groups excluding carboxylic acids is 1. The number of aromatic nitrogens is 2. The van der Waals surface area contributed by atoms with Crippen LogP contribution in [0.1, 0.15) is 30.3 Å². The predicted molar refractivity (Wildman–Crippen MR) is 95.9 cm³/mol. The first-order chi connectivity index (χ1) is 12.2. The molecular weight excluding hydrogens is 318 g/mol.